The Hall–Kier alpha value is -3.22. The van der Waals surface area contributed by atoms with Crippen LogP contribution in [0.1, 0.15) is 51.5 Å². The topological polar surface area (TPSA) is 47.0 Å². The Labute approximate surface area is 219 Å². The predicted molar refractivity (Wildman–Crippen MR) is 149 cm³/mol. The zero-order valence-electron chi connectivity index (χ0n) is 20.9. The maximum absolute atomic E-state index is 14.9. The van der Waals surface area contributed by atoms with E-state index in [9.17, 15) is 9.90 Å². The van der Waals surface area contributed by atoms with Crippen molar-refractivity contribution in [3.8, 4) is 0 Å². The molecule has 1 N–H and O–H groups in total. The van der Waals surface area contributed by atoms with E-state index < -0.39 is 11.3 Å². The summed E-state index contributed by atoms with van der Waals surface area (Å²) in [6.07, 6.45) is 4.00. The number of anilines is 3. The number of fused-ring (bicyclic) bond motifs is 3. The van der Waals surface area contributed by atoms with Crippen LogP contribution >= 0.6 is 12.2 Å². The molecule has 1 amide bonds. The van der Waals surface area contributed by atoms with Crippen molar-refractivity contribution in [2.75, 3.05) is 16.3 Å². The molecule has 0 radical (unpaired) electrons. The quantitative estimate of drug-likeness (QED) is 0.366. The van der Waals surface area contributed by atoms with Gasteiger partial charge in [0.1, 0.15) is 0 Å². The van der Waals surface area contributed by atoms with E-state index in [-0.39, 0.29) is 5.91 Å². The van der Waals surface area contributed by atoms with Gasteiger partial charge in [-0.1, -0.05) is 87.7 Å². The fourth-order valence-corrected chi connectivity index (χ4v) is 6.31. The first kappa shape index (κ1) is 24.5. The van der Waals surface area contributed by atoms with E-state index in [1.807, 2.05) is 94.7 Å². The SMILES string of the molecule is CCCCN1C(=S)N(c2ccccc2)C2(O)c3ccccc3N(c3ccccc3)C(=O)C12CCCC. The molecule has 1 saturated heterocycles. The van der Waals surface area contributed by atoms with Gasteiger partial charge in [0.2, 0.25) is 5.72 Å². The van der Waals surface area contributed by atoms with Crippen molar-refractivity contribution in [1.82, 2.24) is 4.90 Å². The molecular weight excluding hydrogens is 466 g/mol. The van der Waals surface area contributed by atoms with Gasteiger partial charge in [-0.15, -0.1) is 0 Å². The van der Waals surface area contributed by atoms with E-state index in [4.69, 9.17) is 12.2 Å². The lowest BCUT2D eigenvalue weighted by Gasteiger charge is -2.52. The van der Waals surface area contributed by atoms with Gasteiger partial charge in [0.05, 0.1) is 5.69 Å². The van der Waals surface area contributed by atoms with E-state index >= 15 is 0 Å². The highest BCUT2D eigenvalue weighted by atomic mass is 32.1. The first-order valence-corrected chi connectivity index (χ1v) is 13.3. The van der Waals surface area contributed by atoms with Gasteiger partial charge < -0.3 is 10.0 Å². The number of nitrogens with zero attached hydrogens (tertiary/aromatic N) is 3. The smallest absolute Gasteiger partial charge is 0.262 e. The molecule has 3 aromatic carbocycles. The van der Waals surface area contributed by atoms with Gasteiger partial charge in [-0.3, -0.25) is 14.6 Å². The van der Waals surface area contributed by atoms with E-state index in [1.165, 1.54) is 0 Å². The molecule has 186 valence electrons. The third kappa shape index (κ3) is 3.39. The summed E-state index contributed by atoms with van der Waals surface area (Å²) in [6, 6.07) is 27.2. The molecule has 2 heterocycles. The summed E-state index contributed by atoms with van der Waals surface area (Å²) >= 11 is 6.12. The molecule has 6 heteroatoms. The molecule has 3 aromatic rings. The molecule has 2 unspecified atom stereocenters. The molecule has 2 aliphatic rings. The van der Waals surface area contributed by atoms with Gasteiger partial charge in [-0.2, -0.15) is 0 Å². The summed E-state index contributed by atoms with van der Waals surface area (Å²) < 4.78 is 0. The predicted octanol–water partition coefficient (Wildman–Crippen LogP) is 6.35. The van der Waals surface area contributed by atoms with Crippen LogP contribution in [0.3, 0.4) is 0 Å². The second kappa shape index (κ2) is 9.68. The minimum atomic E-state index is -1.66. The van der Waals surface area contributed by atoms with Gasteiger partial charge in [0.15, 0.2) is 10.7 Å². The molecule has 0 bridgehead atoms. The van der Waals surface area contributed by atoms with Crippen LogP contribution < -0.4 is 9.80 Å². The first-order chi connectivity index (χ1) is 17.5. The molecule has 5 rings (SSSR count). The molecular formula is C30H33N3O2S. The largest absolute Gasteiger partial charge is 0.364 e. The summed E-state index contributed by atoms with van der Waals surface area (Å²) in [5.74, 6) is -0.139. The lowest BCUT2D eigenvalue weighted by Crippen LogP contribution is -2.70. The molecule has 36 heavy (non-hydrogen) atoms. The standard InChI is InChI=1S/C30H33N3O2S/c1-3-5-21-29-27(34)32(23-15-9-7-10-16-23)26-20-14-13-19-25(26)30(29,35)33(24-17-11-8-12-18-24)28(36)31(29)22-6-4-2/h7-20,35H,3-6,21-22H2,1-2H3. The summed E-state index contributed by atoms with van der Waals surface area (Å²) in [5.41, 5.74) is 0.00924. The van der Waals surface area contributed by atoms with Crippen LogP contribution in [-0.4, -0.2) is 33.1 Å². The average molecular weight is 500 g/mol. The molecule has 5 nitrogen and oxygen atoms in total. The molecule has 1 fully saturated rings. The highest BCUT2D eigenvalue weighted by Gasteiger charge is 2.73. The molecule has 0 aliphatic carbocycles. The van der Waals surface area contributed by atoms with Gasteiger partial charge in [0, 0.05) is 23.5 Å². The molecule has 0 aromatic heterocycles. The van der Waals surface area contributed by atoms with Crippen LogP contribution in [0.4, 0.5) is 17.1 Å². The minimum absolute atomic E-state index is 0.139. The number of carbonyl (C=O) groups is 1. The first-order valence-electron chi connectivity index (χ1n) is 12.9. The van der Waals surface area contributed by atoms with Crippen molar-refractivity contribution in [3.63, 3.8) is 0 Å². The fourth-order valence-electron chi connectivity index (χ4n) is 5.82. The maximum atomic E-state index is 14.9. The molecule has 0 spiro atoms. The Morgan fingerprint density at radius 2 is 1.39 bits per heavy atom. The number of hydrogen-bond donors (Lipinski definition) is 1. The Morgan fingerprint density at radius 3 is 2.03 bits per heavy atom. The number of amides is 1. The normalized spacial score (nSPS) is 23.1. The van der Waals surface area contributed by atoms with Crippen molar-refractivity contribution < 1.29 is 9.90 Å². The number of unbranched alkanes of at least 4 members (excludes halogenated alkanes) is 2. The number of aliphatic hydroxyl groups is 1. The Bertz CT molecular complexity index is 1250. The van der Waals surface area contributed by atoms with Crippen molar-refractivity contribution in [2.45, 2.75) is 57.2 Å². The van der Waals surface area contributed by atoms with Crippen LogP contribution in [0.25, 0.3) is 0 Å². The number of benzene rings is 3. The van der Waals surface area contributed by atoms with Crippen molar-refractivity contribution in [3.05, 3.63) is 90.5 Å². The number of rotatable bonds is 8. The van der Waals surface area contributed by atoms with E-state index in [2.05, 4.69) is 13.8 Å². The maximum Gasteiger partial charge on any atom is 0.262 e. The Balaban J connectivity index is 1.85. The highest BCUT2D eigenvalue weighted by molar-refractivity contribution is 7.80. The summed E-state index contributed by atoms with van der Waals surface area (Å²) in [7, 11) is 0. The minimum Gasteiger partial charge on any atom is -0.364 e. The Morgan fingerprint density at radius 1 is 0.806 bits per heavy atom. The van der Waals surface area contributed by atoms with E-state index in [0.717, 1.165) is 37.1 Å². The van der Waals surface area contributed by atoms with Crippen LogP contribution in [0, 0.1) is 0 Å². The van der Waals surface area contributed by atoms with Gasteiger partial charge in [0.25, 0.3) is 5.91 Å². The molecule has 2 atom stereocenters. The number of hydrogen-bond acceptors (Lipinski definition) is 3. The second-order valence-corrected chi connectivity index (χ2v) is 9.95. The van der Waals surface area contributed by atoms with Crippen LogP contribution in [0.2, 0.25) is 0 Å². The number of thiocarbonyl (C=S) groups is 1. The Kier molecular flexibility index (Phi) is 6.58. The summed E-state index contributed by atoms with van der Waals surface area (Å²) in [5, 5.41) is 13.6. The van der Waals surface area contributed by atoms with Crippen molar-refractivity contribution in [2.24, 2.45) is 0 Å². The molecule has 2 aliphatic heterocycles. The second-order valence-electron chi connectivity index (χ2n) is 9.59. The lowest BCUT2D eigenvalue weighted by atomic mass is 9.72. The van der Waals surface area contributed by atoms with Gasteiger partial charge in [-0.25, -0.2) is 0 Å². The van der Waals surface area contributed by atoms with Gasteiger partial charge >= 0.3 is 0 Å². The third-order valence-electron chi connectivity index (χ3n) is 7.52. The van der Waals surface area contributed by atoms with Crippen LogP contribution in [0.15, 0.2) is 84.9 Å². The monoisotopic (exact) mass is 499 g/mol. The summed E-state index contributed by atoms with van der Waals surface area (Å²) in [4.78, 5) is 20.6. The van der Waals surface area contributed by atoms with Crippen molar-refractivity contribution in [1.29, 1.82) is 0 Å². The number of para-hydroxylation sites is 3. The van der Waals surface area contributed by atoms with Gasteiger partial charge in [-0.05, 0) is 55.4 Å². The lowest BCUT2D eigenvalue weighted by molar-refractivity contribution is -0.146. The zero-order valence-corrected chi connectivity index (χ0v) is 21.7. The van der Waals surface area contributed by atoms with Crippen LogP contribution in [0.5, 0.6) is 0 Å². The molecule has 0 saturated carbocycles. The fraction of sp³-hybridized carbons (Fsp3) is 0.333. The summed E-state index contributed by atoms with van der Waals surface area (Å²) in [6.45, 7) is 4.85. The highest BCUT2D eigenvalue weighted by Crippen LogP contribution is 2.58. The van der Waals surface area contributed by atoms with Crippen molar-refractivity contribution >= 4 is 40.3 Å². The number of carbonyl (C=O) groups excluding carboxylic acids is 1. The van der Waals surface area contributed by atoms with E-state index in [0.29, 0.717) is 29.3 Å². The third-order valence-corrected chi connectivity index (χ3v) is 7.92. The zero-order chi connectivity index (χ0) is 25.3. The van der Waals surface area contributed by atoms with E-state index in [1.54, 1.807) is 4.90 Å². The average Bonchev–Trinajstić information content (AvgIpc) is 3.11. The van der Waals surface area contributed by atoms with Crippen LogP contribution in [-0.2, 0) is 10.5 Å².